The minimum Gasteiger partial charge on any atom is -0.494 e. The Bertz CT molecular complexity index is 1520. The Morgan fingerprint density at radius 1 is 1.02 bits per heavy atom. The first kappa shape index (κ1) is 34.4. The van der Waals surface area contributed by atoms with Crippen LogP contribution in [0.4, 0.5) is 4.79 Å². The molecule has 2 saturated carbocycles. The van der Waals surface area contributed by atoms with Gasteiger partial charge >= 0.3 is 6.09 Å². The summed E-state index contributed by atoms with van der Waals surface area (Å²) in [7, 11) is 0. The van der Waals surface area contributed by atoms with Crippen LogP contribution in [0, 0.1) is 35.0 Å². The summed E-state index contributed by atoms with van der Waals surface area (Å²) in [6.07, 6.45) is 6.29. The smallest absolute Gasteiger partial charge is 0.408 e. The summed E-state index contributed by atoms with van der Waals surface area (Å²) in [5.41, 5.74) is 1.62. The van der Waals surface area contributed by atoms with Crippen molar-refractivity contribution in [1.82, 2.24) is 20.2 Å². The van der Waals surface area contributed by atoms with Crippen molar-refractivity contribution in [3.8, 4) is 11.6 Å². The molecule has 2 bridgehead atoms. The van der Waals surface area contributed by atoms with Crippen LogP contribution in [-0.2, 0) is 20.7 Å². The first-order valence-electron chi connectivity index (χ1n) is 18.3. The van der Waals surface area contributed by atoms with Crippen LogP contribution in [0.25, 0.3) is 11.0 Å². The molecule has 3 fully saturated rings. The number of fused-ring (bicyclic) bond motifs is 7. The summed E-state index contributed by atoms with van der Waals surface area (Å²) >= 11 is 0. The number of hydrogen-bond acceptors (Lipinski definition) is 8. The molecule has 1 aromatic heterocycles. The summed E-state index contributed by atoms with van der Waals surface area (Å²) in [4.78, 5) is 53.7. The Kier molecular flexibility index (Phi) is 9.92. The molecule has 2 aliphatic heterocycles. The number of nitrogens with one attached hydrogen (secondary N) is 1. The molecule has 1 N–H and O–H groups in total. The third-order valence-electron chi connectivity index (χ3n) is 11.1. The normalized spacial score (nSPS) is 31.1. The first-order valence-corrected chi connectivity index (χ1v) is 18.3. The monoisotopic (exact) mass is 662 g/mol. The van der Waals surface area contributed by atoms with E-state index in [0.29, 0.717) is 54.3 Å². The van der Waals surface area contributed by atoms with Gasteiger partial charge in [-0.1, -0.05) is 54.4 Å². The predicted octanol–water partition coefficient (Wildman–Crippen LogP) is 6.52. The summed E-state index contributed by atoms with van der Waals surface area (Å²) < 4.78 is 18.6. The van der Waals surface area contributed by atoms with Crippen molar-refractivity contribution in [3.05, 3.63) is 23.9 Å². The highest BCUT2D eigenvalue weighted by Crippen LogP contribution is 2.57. The number of aromatic nitrogens is 2. The van der Waals surface area contributed by atoms with E-state index >= 15 is 0 Å². The minimum atomic E-state index is -0.884. The van der Waals surface area contributed by atoms with Crippen molar-refractivity contribution in [1.29, 1.82) is 0 Å². The molecule has 4 aliphatic rings. The molecule has 0 spiro atoms. The number of Topliss-reactive ketones (excluding diaryl/α,β-unsaturated/α-hetero) is 1. The van der Waals surface area contributed by atoms with Crippen LogP contribution in [-0.4, -0.2) is 70.1 Å². The van der Waals surface area contributed by atoms with Gasteiger partial charge in [0.2, 0.25) is 11.8 Å². The Labute approximate surface area is 285 Å². The lowest BCUT2D eigenvalue weighted by atomic mass is 9.84. The summed E-state index contributed by atoms with van der Waals surface area (Å²) in [6.45, 7) is 14.3. The number of hydrogen-bond donors (Lipinski definition) is 1. The standard InChI is InChI=1S/C38H54N4O6/c1-8-24-31-20-42(32(24)33(43)21(3)4)36(44)34(38(5,6)7)41-37(45)48-30-18-22-17-26(22)25(30)13-11-10-12-14-28-35(47-31)40-29-19-23(46-9-2)15-16-27(29)39-28/h15-16,19,21-22,24-26,30-32,34H,8-14,17-18,20H2,1-7H3,(H,41,45). The number of ether oxygens (including phenoxy) is 3. The highest BCUT2D eigenvalue weighted by molar-refractivity contribution is 5.94. The fraction of sp³-hybridized carbons (Fsp3) is 0.711. The van der Waals surface area contributed by atoms with E-state index in [0.717, 1.165) is 43.3 Å². The van der Waals surface area contributed by atoms with Crippen molar-refractivity contribution in [2.45, 2.75) is 124 Å². The first-order chi connectivity index (χ1) is 22.9. The molecule has 3 heterocycles. The number of carbonyl (C=O) groups excluding carboxylic acids is 3. The van der Waals surface area contributed by atoms with Crippen molar-refractivity contribution in [3.63, 3.8) is 0 Å². The summed E-state index contributed by atoms with van der Waals surface area (Å²) in [5, 5.41) is 2.97. The third kappa shape index (κ3) is 6.99. The van der Waals surface area contributed by atoms with Gasteiger partial charge in [-0.3, -0.25) is 9.59 Å². The number of amides is 2. The Morgan fingerprint density at radius 2 is 1.81 bits per heavy atom. The highest BCUT2D eigenvalue weighted by Gasteiger charge is 2.55. The molecule has 6 rings (SSSR count). The number of nitrogens with zero attached hydrogens (tertiary/aromatic N) is 3. The van der Waals surface area contributed by atoms with Gasteiger partial charge in [-0.2, -0.15) is 0 Å². The van der Waals surface area contributed by atoms with Crippen LogP contribution >= 0.6 is 0 Å². The van der Waals surface area contributed by atoms with Gasteiger partial charge in [-0.25, -0.2) is 14.8 Å². The van der Waals surface area contributed by atoms with Crippen LogP contribution in [0.2, 0.25) is 0 Å². The van der Waals surface area contributed by atoms with Crippen molar-refractivity contribution >= 4 is 28.8 Å². The van der Waals surface area contributed by atoms with Gasteiger partial charge in [0, 0.05) is 17.9 Å². The fourth-order valence-electron chi connectivity index (χ4n) is 8.44. The van der Waals surface area contributed by atoms with Gasteiger partial charge in [0.25, 0.3) is 0 Å². The average Bonchev–Trinajstić information content (AvgIpc) is 3.57. The molecule has 1 saturated heterocycles. The quantitative estimate of drug-likeness (QED) is 0.384. The van der Waals surface area contributed by atoms with Crippen LogP contribution in [0.3, 0.4) is 0 Å². The van der Waals surface area contributed by atoms with Gasteiger partial charge in [-0.15, -0.1) is 0 Å². The number of aryl methyl sites for hydroxylation is 1. The SMILES string of the molecule is CCOc1ccc2nc3c(nc2c1)OC1CN(C(=O)C(C(C)(C)C)NC(=O)OC2CC4CC4C2CCCCC3)C(C(=O)C(C)C)C1CC. The van der Waals surface area contributed by atoms with Gasteiger partial charge in [-0.05, 0) is 80.8 Å². The molecule has 48 heavy (non-hydrogen) atoms. The molecule has 2 amide bonds. The lowest BCUT2D eigenvalue weighted by Crippen LogP contribution is -2.58. The number of alkyl carbamates (subject to hydrolysis) is 1. The zero-order chi connectivity index (χ0) is 34.3. The Balaban J connectivity index is 1.40. The van der Waals surface area contributed by atoms with Crippen LogP contribution < -0.4 is 14.8 Å². The minimum absolute atomic E-state index is 0.0124. The molecule has 8 unspecified atom stereocenters. The lowest BCUT2D eigenvalue weighted by Gasteiger charge is -2.36. The third-order valence-corrected chi connectivity index (χ3v) is 11.1. The maximum Gasteiger partial charge on any atom is 0.408 e. The van der Waals surface area contributed by atoms with Gasteiger partial charge in [0.1, 0.15) is 29.7 Å². The molecule has 262 valence electrons. The molecule has 10 heteroatoms. The van der Waals surface area contributed by atoms with Crippen LogP contribution in [0.5, 0.6) is 11.6 Å². The van der Waals surface area contributed by atoms with Crippen LogP contribution in [0.15, 0.2) is 18.2 Å². The molecule has 1 aromatic carbocycles. The predicted molar refractivity (Wildman–Crippen MR) is 183 cm³/mol. The molecule has 10 nitrogen and oxygen atoms in total. The van der Waals surface area contributed by atoms with Gasteiger partial charge < -0.3 is 24.4 Å². The Hall–Kier alpha value is -3.43. The summed E-state index contributed by atoms with van der Waals surface area (Å²) in [5.74, 6) is 1.92. The zero-order valence-electron chi connectivity index (χ0n) is 29.8. The van der Waals surface area contributed by atoms with Gasteiger partial charge in [0.15, 0.2) is 5.78 Å². The fourth-order valence-corrected chi connectivity index (χ4v) is 8.44. The van der Waals surface area contributed by atoms with E-state index in [1.807, 2.05) is 66.7 Å². The summed E-state index contributed by atoms with van der Waals surface area (Å²) in [6, 6.07) is 4.17. The van der Waals surface area contributed by atoms with E-state index in [4.69, 9.17) is 24.2 Å². The van der Waals surface area contributed by atoms with Gasteiger partial charge in [0.05, 0.1) is 30.2 Å². The highest BCUT2D eigenvalue weighted by atomic mass is 16.6. The van der Waals surface area contributed by atoms with E-state index in [-0.39, 0.29) is 36.2 Å². The average molecular weight is 663 g/mol. The Morgan fingerprint density at radius 3 is 2.52 bits per heavy atom. The second kappa shape index (κ2) is 13.8. The second-order valence-corrected chi connectivity index (χ2v) is 15.8. The molecular weight excluding hydrogens is 608 g/mol. The van der Waals surface area contributed by atoms with E-state index in [9.17, 15) is 14.4 Å². The number of ketones is 1. The topological polar surface area (TPSA) is 120 Å². The van der Waals surface area contributed by atoms with Crippen molar-refractivity contribution in [2.24, 2.45) is 35.0 Å². The largest absolute Gasteiger partial charge is 0.494 e. The molecule has 0 radical (unpaired) electrons. The van der Waals surface area contributed by atoms with E-state index in [1.54, 1.807) is 4.90 Å². The van der Waals surface area contributed by atoms with Crippen molar-refractivity contribution in [2.75, 3.05) is 13.2 Å². The number of benzene rings is 1. The van der Waals surface area contributed by atoms with E-state index in [2.05, 4.69) is 5.32 Å². The number of carbonyl (C=O) groups is 3. The molecule has 2 aliphatic carbocycles. The van der Waals surface area contributed by atoms with Crippen molar-refractivity contribution < 1.29 is 28.6 Å². The lowest BCUT2D eigenvalue weighted by molar-refractivity contribution is -0.143. The van der Waals surface area contributed by atoms with Crippen LogP contribution in [0.1, 0.15) is 99.1 Å². The molecule has 8 atom stereocenters. The maximum atomic E-state index is 14.6. The van der Waals surface area contributed by atoms with E-state index < -0.39 is 29.7 Å². The second-order valence-electron chi connectivity index (χ2n) is 15.8. The number of rotatable bonds is 5. The maximum absolute atomic E-state index is 14.6. The zero-order valence-corrected chi connectivity index (χ0v) is 29.8. The molecule has 2 aromatic rings. The van der Waals surface area contributed by atoms with E-state index in [1.165, 1.54) is 6.42 Å². The molecular formula is C38H54N4O6.